The van der Waals surface area contributed by atoms with E-state index in [2.05, 4.69) is 5.32 Å². The van der Waals surface area contributed by atoms with E-state index in [-0.39, 0.29) is 17.3 Å². The van der Waals surface area contributed by atoms with Crippen LogP contribution in [0, 0.1) is 13.8 Å². The predicted octanol–water partition coefficient (Wildman–Crippen LogP) is 1.99. The third-order valence-corrected chi connectivity index (χ3v) is 6.62. The molecule has 1 aromatic carbocycles. The summed E-state index contributed by atoms with van der Waals surface area (Å²) >= 11 is 0. The first-order chi connectivity index (χ1) is 13.8. The first-order valence-electron chi connectivity index (χ1n) is 9.48. The number of rotatable bonds is 7. The van der Waals surface area contributed by atoms with Gasteiger partial charge in [-0.25, -0.2) is 8.42 Å². The molecule has 1 aliphatic rings. The van der Waals surface area contributed by atoms with Crippen LogP contribution in [0.1, 0.15) is 17.1 Å². The Hall–Kier alpha value is -2.20. The Labute approximate surface area is 171 Å². The van der Waals surface area contributed by atoms with Crippen molar-refractivity contribution in [1.82, 2.24) is 9.21 Å². The molecule has 2 aromatic rings. The van der Waals surface area contributed by atoms with Gasteiger partial charge in [-0.15, -0.1) is 0 Å². The van der Waals surface area contributed by atoms with Crippen LogP contribution in [0.25, 0.3) is 0 Å². The van der Waals surface area contributed by atoms with E-state index in [0.29, 0.717) is 38.5 Å². The fourth-order valence-electron chi connectivity index (χ4n) is 3.16. The van der Waals surface area contributed by atoms with E-state index in [9.17, 15) is 13.2 Å². The minimum absolute atomic E-state index is 0.152. The maximum absolute atomic E-state index is 12.9. The van der Waals surface area contributed by atoms with Gasteiger partial charge in [-0.1, -0.05) is 6.07 Å². The Bertz CT molecular complexity index is 964. The van der Waals surface area contributed by atoms with E-state index in [4.69, 9.17) is 9.15 Å². The Kier molecular flexibility index (Phi) is 6.74. The van der Waals surface area contributed by atoms with Crippen LogP contribution in [0.2, 0.25) is 0 Å². The van der Waals surface area contributed by atoms with Crippen molar-refractivity contribution in [3.8, 4) is 0 Å². The number of ether oxygens (including phenoxy) is 1. The Morgan fingerprint density at radius 3 is 2.55 bits per heavy atom. The van der Waals surface area contributed by atoms with Crippen LogP contribution < -0.4 is 5.32 Å². The average Bonchev–Trinajstić information content (AvgIpc) is 3.08. The summed E-state index contributed by atoms with van der Waals surface area (Å²) in [5.41, 5.74) is 1.29. The molecule has 1 fully saturated rings. The molecule has 0 atom stereocenters. The number of carbonyl (C=O) groups is 1. The largest absolute Gasteiger partial charge is 0.465 e. The van der Waals surface area contributed by atoms with Crippen molar-refractivity contribution in [3.05, 3.63) is 47.4 Å². The number of morpholine rings is 1. The molecule has 0 spiro atoms. The molecule has 158 valence electrons. The molecule has 9 heteroatoms. The number of amides is 1. The van der Waals surface area contributed by atoms with Gasteiger partial charge in [0.15, 0.2) is 0 Å². The van der Waals surface area contributed by atoms with E-state index >= 15 is 0 Å². The van der Waals surface area contributed by atoms with Crippen LogP contribution in [-0.4, -0.2) is 63.4 Å². The number of hydrogen-bond acceptors (Lipinski definition) is 6. The van der Waals surface area contributed by atoms with Crippen LogP contribution in [0.5, 0.6) is 0 Å². The summed E-state index contributed by atoms with van der Waals surface area (Å²) in [6, 6.07) is 8.56. The molecular formula is C20H27N3O5S. The Morgan fingerprint density at radius 2 is 1.90 bits per heavy atom. The second kappa shape index (κ2) is 9.08. The SMILES string of the molecule is Cc1ccc(CN(C)CC(=O)Nc2cc(S(=O)(=O)N3CCOCC3)ccc2C)o1. The summed E-state index contributed by atoms with van der Waals surface area (Å²) in [6.45, 7) is 5.79. The number of aryl methyl sites for hydroxylation is 2. The second-order valence-corrected chi connectivity index (χ2v) is 9.16. The summed E-state index contributed by atoms with van der Waals surface area (Å²) in [6.07, 6.45) is 0. The van der Waals surface area contributed by atoms with E-state index in [1.807, 2.05) is 37.9 Å². The fourth-order valence-corrected chi connectivity index (χ4v) is 4.59. The highest BCUT2D eigenvalue weighted by Crippen LogP contribution is 2.23. The average molecular weight is 422 g/mol. The minimum Gasteiger partial charge on any atom is -0.465 e. The zero-order valence-electron chi connectivity index (χ0n) is 17.0. The second-order valence-electron chi connectivity index (χ2n) is 7.23. The number of anilines is 1. The van der Waals surface area contributed by atoms with Gasteiger partial charge in [0.05, 0.1) is 31.2 Å². The van der Waals surface area contributed by atoms with Crippen molar-refractivity contribution in [2.24, 2.45) is 0 Å². The number of nitrogens with zero attached hydrogens (tertiary/aromatic N) is 2. The van der Waals surface area contributed by atoms with Gasteiger partial charge < -0.3 is 14.5 Å². The zero-order chi connectivity index (χ0) is 21.0. The molecule has 3 rings (SSSR count). The van der Waals surface area contributed by atoms with Crippen molar-refractivity contribution < 1.29 is 22.4 Å². The molecule has 1 saturated heterocycles. The third-order valence-electron chi connectivity index (χ3n) is 4.73. The molecule has 0 unspecified atom stereocenters. The molecule has 29 heavy (non-hydrogen) atoms. The molecule has 1 aromatic heterocycles. The quantitative estimate of drug-likeness (QED) is 0.735. The van der Waals surface area contributed by atoms with Crippen LogP contribution in [-0.2, 0) is 26.1 Å². The molecule has 1 aliphatic heterocycles. The number of hydrogen-bond donors (Lipinski definition) is 1. The molecule has 8 nitrogen and oxygen atoms in total. The number of nitrogens with one attached hydrogen (secondary N) is 1. The van der Waals surface area contributed by atoms with Gasteiger partial charge in [0.2, 0.25) is 15.9 Å². The van der Waals surface area contributed by atoms with Crippen molar-refractivity contribution in [2.45, 2.75) is 25.3 Å². The molecule has 1 N–H and O–H groups in total. The van der Waals surface area contributed by atoms with Crippen molar-refractivity contribution in [1.29, 1.82) is 0 Å². The van der Waals surface area contributed by atoms with Crippen LogP contribution in [0.4, 0.5) is 5.69 Å². The lowest BCUT2D eigenvalue weighted by atomic mass is 10.2. The molecule has 0 radical (unpaired) electrons. The normalized spacial score (nSPS) is 15.6. The summed E-state index contributed by atoms with van der Waals surface area (Å²) in [4.78, 5) is 14.5. The predicted molar refractivity (Wildman–Crippen MR) is 109 cm³/mol. The van der Waals surface area contributed by atoms with Gasteiger partial charge in [0, 0.05) is 18.8 Å². The summed E-state index contributed by atoms with van der Waals surface area (Å²) in [7, 11) is -1.80. The number of furan rings is 1. The Morgan fingerprint density at radius 1 is 1.17 bits per heavy atom. The summed E-state index contributed by atoms with van der Waals surface area (Å²) in [5, 5.41) is 2.83. The fraction of sp³-hybridized carbons (Fsp3) is 0.450. The first-order valence-corrected chi connectivity index (χ1v) is 10.9. The topological polar surface area (TPSA) is 92.1 Å². The molecule has 0 bridgehead atoms. The highest BCUT2D eigenvalue weighted by atomic mass is 32.2. The van der Waals surface area contributed by atoms with Gasteiger partial charge in [-0.05, 0) is 50.7 Å². The lowest BCUT2D eigenvalue weighted by Gasteiger charge is -2.26. The number of benzene rings is 1. The van der Waals surface area contributed by atoms with Crippen LogP contribution in [0.3, 0.4) is 0 Å². The standard InChI is InChI=1S/C20H27N3O5S/c1-15-4-7-18(29(25,26)23-8-10-27-11-9-23)12-19(15)21-20(24)14-22(3)13-17-6-5-16(2)28-17/h4-7,12H,8-11,13-14H2,1-3H3,(H,21,24). The van der Waals surface area contributed by atoms with Gasteiger partial charge in [-0.3, -0.25) is 9.69 Å². The van der Waals surface area contributed by atoms with Crippen molar-refractivity contribution in [2.75, 3.05) is 45.2 Å². The maximum atomic E-state index is 12.9. The highest BCUT2D eigenvalue weighted by molar-refractivity contribution is 7.89. The van der Waals surface area contributed by atoms with E-state index in [1.54, 1.807) is 12.1 Å². The van der Waals surface area contributed by atoms with Crippen molar-refractivity contribution in [3.63, 3.8) is 0 Å². The molecule has 0 saturated carbocycles. The molecule has 2 heterocycles. The van der Waals surface area contributed by atoms with Gasteiger partial charge in [0.25, 0.3) is 0 Å². The molecular weight excluding hydrogens is 394 g/mol. The van der Waals surface area contributed by atoms with Gasteiger partial charge >= 0.3 is 0 Å². The minimum atomic E-state index is -3.62. The van der Waals surface area contributed by atoms with Gasteiger partial charge in [-0.2, -0.15) is 4.31 Å². The maximum Gasteiger partial charge on any atom is 0.243 e. The first kappa shape index (κ1) is 21.5. The van der Waals surface area contributed by atoms with Crippen LogP contribution >= 0.6 is 0 Å². The number of likely N-dealkylation sites (N-methyl/N-ethyl adjacent to an activating group) is 1. The highest BCUT2D eigenvalue weighted by Gasteiger charge is 2.27. The molecule has 0 aliphatic carbocycles. The number of sulfonamides is 1. The molecule has 1 amide bonds. The van der Waals surface area contributed by atoms with E-state index in [0.717, 1.165) is 17.1 Å². The van der Waals surface area contributed by atoms with Crippen LogP contribution in [0.15, 0.2) is 39.6 Å². The number of carbonyl (C=O) groups excluding carboxylic acids is 1. The smallest absolute Gasteiger partial charge is 0.243 e. The summed E-state index contributed by atoms with van der Waals surface area (Å²) < 4.78 is 37.9. The van der Waals surface area contributed by atoms with E-state index < -0.39 is 10.0 Å². The summed E-state index contributed by atoms with van der Waals surface area (Å²) in [5.74, 6) is 1.39. The zero-order valence-corrected chi connectivity index (χ0v) is 17.8. The lowest BCUT2D eigenvalue weighted by molar-refractivity contribution is -0.117. The lowest BCUT2D eigenvalue weighted by Crippen LogP contribution is -2.40. The third kappa shape index (κ3) is 5.45. The monoisotopic (exact) mass is 421 g/mol. The Balaban J connectivity index is 1.67. The van der Waals surface area contributed by atoms with E-state index in [1.165, 1.54) is 10.4 Å². The van der Waals surface area contributed by atoms with Gasteiger partial charge in [0.1, 0.15) is 11.5 Å². The van der Waals surface area contributed by atoms with Crippen molar-refractivity contribution >= 4 is 21.6 Å².